The zero-order valence-electron chi connectivity index (χ0n) is 9.79. The highest BCUT2D eigenvalue weighted by atomic mass is 19.4. The molecule has 0 aromatic heterocycles. The maximum absolute atomic E-state index is 12.4. The van der Waals surface area contributed by atoms with Crippen molar-refractivity contribution in [2.24, 2.45) is 5.73 Å². The Hall–Kier alpha value is -1.07. The van der Waals surface area contributed by atoms with E-state index in [4.69, 9.17) is 10.5 Å². The van der Waals surface area contributed by atoms with Crippen molar-refractivity contribution >= 4 is 0 Å². The lowest BCUT2D eigenvalue weighted by atomic mass is 10.1. The van der Waals surface area contributed by atoms with Crippen LogP contribution in [0.15, 0.2) is 24.3 Å². The largest absolute Gasteiger partial charge is 0.416 e. The van der Waals surface area contributed by atoms with Crippen LogP contribution < -0.4 is 5.73 Å². The van der Waals surface area contributed by atoms with Crippen molar-refractivity contribution in [3.05, 3.63) is 35.4 Å². The fourth-order valence-electron chi connectivity index (χ4n) is 1.49. The molecule has 1 aromatic carbocycles. The van der Waals surface area contributed by atoms with Gasteiger partial charge in [0.2, 0.25) is 0 Å². The molecule has 0 radical (unpaired) electrons. The van der Waals surface area contributed by atoms with Crippen molar-refractivity contribution in [1.29, 1.82) is 0 Å². The summed E-state index contributed by atoms with van der Waals surface area (Å²) < 4.78 is 42.6. The molecule has 1 rings (SSSR count). The minimum Gasteiger partial charge on any atom is -0.370 e. The second kappa shape index (κ2) is 5.51. The lowest BCUT2D eigenvalue weighted by Crippen LogP contribution is -2.19. The van der Waals surface area contributed by atoms with Gasteiger partial charge in [-0.3, -0.25) is 0 Å². The maximum atomic E-state index is 12.4. The molecule has 0 aliphatic carbocycles. The van der Waals surface area contributed by atoms with E-state index >= 15 is 0 Å². The van der Waals surface area contributed by atoms with Crippen molar-refractivity contribution in [1.82, 2.24) is 0 Å². The van der Waals surface area contributed by atoms with E-state index < -0.39 is 11.7 Å². The van der Waals surface area contributed by atoms with Gasteiger partial charge in [0.25, 0.3) is 0 Å². The first-order chi connectivity index (χ1) is 7.84. The van der Waals surface area contributed by atoms with Crippen molar-refractivity contribution in [2.45, 2.75) is 32.2 Å². The standard InChI is InChI=1S/C12H16F3NO/c1-8(2)17-11(7-16)9-3-5-10(6-4-9)12(13,14)15/h3-6,8,11H,7,16H2,1-2H3/t11-/m1/s1. The Bertz CT molecular complexity index is 346. The first-order valence-electron chi connectivity index (χ1n) is 5.37. The molecule has 0 spiro atoms. The Morgan fingerprint density at radius 2 is 1.71 bits per heavy atom. The average Bonchev–Trinajstić information content (AvgIpc) is 2.24. The van der Waals surface area contributed by atoms with E-state index in [1.165, 1.54) is 12.1 Å². The SMILES string of the molecule is CC(C)O[C@H](CN)c1ccc(C(F)(F)F)cc1. The van der Waals surface area contributed by atoms with E-state index in [2.05, 4.69) is 0 Å². The zero-order valence-corrected chi connectivity index (χ0v) is 9.79. The van der Waals surface area contributed by atoms with Crippen LogP contribution in [0.25, 0.3) is 0 Å². The molecule has 1 atom stereocenters. The number of alkyl halides is 3. The summed E-state index contributed by atoms with van der Waals surface area (Å²) in [4.78, 5) is 0. The van der Waals surface area contributed by atoms with E-state index in [0.717, 1.165) is 12.1 Å². The predicted molar refractivity (Wildman–Crippen MR) is 59.5 cm³/mol. The van der Waals surface area contributed by atoms with Gasteiger partial charge in [0, 0.05) is 6.54 Å². The van der Waals surface area contributed by atoms with Crippen LogP contribution >= 0.6 is 0 Å². The minimum atomic E-state index is -4.31. The molecule has 0 saturated carbocycles. The summed E-state index contributed by atoms with van der Waals surface area (Å²) in [5, 5.41) is 0. The quantitative estimate of drug-likeness (QED) is 0.887. The Morgan fingerprint density at radius 1 is 1.18 bits per heavy atom. The van der Waals surface area contributed by atoms with Gasteiger partial charge < -0.3 is 10.5 Å². The van der Waals surface area contributed by atoms with Crippen LogP contribution in [0.1, 0.15) is 31.1 Å². The summed E-state index contributed by atoms with van der Waals surface area (Å²) in [7, 11) is 0. The molecule has 0 unspecified atom stereocenters. The average molecular weight is 247 g/mol. The molecule has 0 aliphatic heterocycles. The van der Waals surface area contributed by atoms with Crippen LogP contribution in [0.4, 0.5) is 13.2 Å². The van der Waals surface area contributed by atoms with Gasteiger partial charge in [-0.1, -0.05) is 12.1 Å². The maximum Gasteiger partial charge on any atom is 0.416 e. The number of hydrogen-bond acceptors (Lipinski definition) is 2. The van der Waals surface area contributed by atoms with E-state index in [9.17, 15) is 13.2 Å². The van der Waals surface area contributed by atoms with Gasteiger partial charge in [0.15, 0.2) is 0 Å². The Labute approximate surface area is 98.6 Å². The Kier molecular flexibility index (Phi) is 4.54. The number of benzene rings is 1. The minimum absolute atomic E-state index is 0.0224. The van der Waals surface area contributed by atoms with E-state index in [1.54, 1.807) is 0 Å². The number of hydrogen-bond donors (Lipinski definition) is 1. The van der Waals surface area contributed by atoms with E-state index in [-0.39, 0.29) is 18.8 Å². The van der Waals surface area contributed by atoms with Gasteiger partial charge in [0.1, 0.15) is 0 Å². The lowest BCUT2D eigenvalue weighted by molar-refractivity contribution is -0.137. The van der Waals surface area contributed by atoms with E-state index in [1.807, 2.05) is 13.8 Å². The third kappa shape index (κ3) is 4.02. The molecule has 17 heavy (non-hydrogen) atoms. The third-order valence-electron chi connectivity index (χ3n) is 2.26. The Morgan fingerprint density at radius 3 is 2.06 bits per heavy atom. The second-order valence-corrected chi connectivity index (χ2v) is 4.03. The van der Waals surface area contributed by atoms with Crippen molar-refractivity contribution in [2.75, 3.05) is 6.54 Å². The van der Waals surface area contributed by atoms with Crippen LogP contribution in [0, 0.1) is 0 Å². The first-order valence-corrected chi connectivity index (χ1v) is 5.37. The molecule has 2 nitrogen and oxygen atoms in total. The summed E-state index contributed by atoms with van der Waals surface area (Å²) in [5.74, 6) is 0. The number of nitrogens with two attached hydrogens (primary N) is 1. The molecule has 0 bridgehead atoms. The molecule has 0 saturated heterocycles. The van der Waals surface area contributed by atoms with Crippen LogP contribution in [0.5, 0.6) is 0 Å². The number of halogens is 3. The molecular formula is C12H16F3NO. The van der Waals surface area contributed by atoms with Gasteiger partial charge >= 0.3 is 6.18 Å². The molecule has 0 heterocycles. The third-order valence-corrected chi connectivity index (χ3v) is 2.26. The topological polar surface area (TPSA) is 35.2 Å². The highest BCUT2D eigenvalue weighted by Gasteiger charge is 2.30. The fourth-order valence-corrected chi connectivity index (χ4v) is 1.49. The lowest BCUT2D eigenvalue weighted by Gasteiger charge is -2.19. The summed E-state index contributed by atoms with van der Waals surface area (Å²) in [6.45, 7) is 3.95. The van der Waals surface area contributed by atoms with Crippen LogP contribution in [-0.4, -0.2) is 12.6 Å². The van der Waals surface area contributed by atoms with Gasteiger partial charge in [-0.25, -0.2) is 0 Å². The van der Waals surface area contributed by atoms with Crippen molar-refractivity contribution in [3.63, 3.8) is 0 Å². The van der Waals surface area contributed by atoms with Crippen LogP contribution in [-0.2, 0) is 10.9 Å². The molecule has 0 aliphatic rings. The predicted octanol–water partition coefficient (Wildman–Crippen LogP) is 3.13. The molecule has 2 N–H and O–H groups in total. The first kappa shape index (κ1) is 14.0. The number of rotatable bonds is 4. The van der Waals surface area contributed by atoms with Gasteiger partial charge in [-0.05, 0) is 31.5 Å². The monoisotopic (exact) mass is 247 g/mol. The highest BCUT2D eigenvalue weighted by molar-refractivity contribution is 5.26. The summed E-state index contributed by atoms with van der Waals surface area (Å²) >= 11 is 0. The Balaban J connectivity index is 2.85. The van der Waals surface area contributed by atoms with Gasteiger partial charge in [0.05, 0.1) is 17.8 Å². The molecule has 0 fully saturated rings. The summed E-state index contributed by atoms with van der Waals surface area (Å²) in [5.41, 5.74) is 5.53. The molecule has 96 valence electrons. The van der Waals surface area contributed by atoms with Crippen molar-refractivity contribution in [3.8, 4) is 0 Å². The fraction of sp³-hybridized carbons (Fsp3) is 0.500. The van der Waals surface area contributed by atoms with E-state index in [0.29, 0.717) is 5.56 Å². The van der Waals surface area contributed by atoms with Crippen LogP contribution in [0.3, 0.4) is 0 Å². The second-order valence-electron chi connectivity index (χ2n) is 4.03. The smallest absolute Gasteiger partial charge is 0.370 e. The highest BCUT2D eigenvalue weighted by Crippen LogP contribution is 2.30. The molecular weight excluding hydrogens is 231 g/mol. The molecule has 5 heteroatoms. The summed E-state index contributed by atoms with van der Waals surface area (Å²) in [6, 6.07) is 4.90. The zero-order chi connectivity index (χ0) is 13.1. The van der Waals surface area contributed by atoms with Gasteiger partial charge in [-0.2, -0.15) is 13.2 Å². The van der Waals surface area contributed by atoms with Crippen molar-refractivity contribution < 1.29 is 17.9 Å². The summed E-state index contributed by atoms with van der Waals surface area (Å²) in [6.07, 6.45) is -4.70. The van der Waals surface area contributed by atoms with Crippen LogP contribution in [0.2, 0.25) is 0 Å². The van der Waals surface area contributed by atoms with Gasteiger partial charge in [-0.15, -0.1) is 0 Å². The number of ether oxygens (including phenoxy) is 1. The normalized spacial score (nSPS) is 14.1. The molecule has 1 aromatic rings. The molecule has 0 amide bonds.